The van der Waals surface area contributed by atoms with Crippen LogP contribution < -0.4 is 0 Å². The van der Waals surface area contributed by atoms with E-state index in [2.05, 4.69) is 52.8 Å². The molecule has 0 spiro atoms. The van der Waals surface area contributed by atoms with Gasteiger partial charge in [0.25, 0.3) is 0 Å². The first kappa shape index (κ1) is 11.9. The van der Waals surface area contributed by atoms with E-state index >= 15 is 0 Å². The Labute approximate surface area is 109 Å². The van der Waals surface area contributed by atoms with Crippen molar-refractivity contribution in [2.24, 2.45) is 0 Å². The molecule has 0 bridgehead atoms. The van der Waals surface area contributed by atoms with Crippen molar-refractivity contribution in [3.8, 4) is 0 Å². The molecular weight excluding hydrogens is 315 g/mol. The van der Waals surface area contributed by atoms with E-state index in [0.717, 1.165) is 18.4 Å². The average molecular weight is 330 g/mol. The fourth-order valence-corrected chi connectivity index (χ4v) is 2.36. The summed E-state index contributed by atoms with van der Waals surface area (Å²) in [7, 11) is 1.74. The van der Waals surface area contributed by atoms with Gasteiger partial charge in [0.15, 0.2) is 0 Å². The lowest BCUT2D eigenvalue weighted by Crippen LogP contribution is -2.12. The van der Waals surface area contributed by atoms with Crippen molar-refractivity contribution in [2.45, 2.75) is 26.0 Å². The first-order chi connectivity index (χ1) is 7.76. The van der Waals surface area contributed by atoms with Crippen LogP contribution >= 0.6 is 22.6 Å². The summed E-state index contributed by atoms with van der Waals surface area (Å²) >= 11 is 2.31. The molecule has 0 aliphatic carbocycles. The molecule has 2 rings (SSSR count). The fraction of sp³-hybridized carbons (Fsp3) is 0.417. The normalized spacial score (nSPS) is 13.2. The van der Waals surface area contributed by atoms with Crippen LogP contribution in [0.3, 0.4) is 0 Å². The maximum atomic E-state index is 5.47. The SMILES string of the molecule is CCCC(OC)n1ncc2cc(I)ccc21. The van der Waals surface area contributed by atoms with Gasteiger partial charge in [-0.05, 0) is 47.2 Å². The molecule has 1 heterocycles. The molecule has 86 valence electrons. The van der Waals surface area contributed by atoms with E-state index < -0.39 is 0 Å². The predicted molar refractivity (Wildman–Crippen MR) is 73.4 cm³/mol. The predicted octanol–water partition coefficient (Wildman–Crippen LogP) is 3.59. The van der Waals surface area contributed by atoms with Crippen molar-refractivity contribution >= 4 is 33.5 Å². The average Bonchev–Trinajstić information content (AvgIpc) is 2.68. The van der Waals surface area contributed by atoms with E-state index in [0.29, 0.717) is 0 Å². The molecule has 1 unspecified atom stereocenters. The summed E-state index contributed by atoms with van der Waals surface area (Å²) in [6.07, 6.45) is 4.02. The molecule has 0 amide bonds. The van der Waals surface area contributed by atoms with Crippen LogP contribution in [0.25, 0.3) is 10.9 Å². The van der Waals surface area contributed by atoms with E-state index in [4.69, 9.17) is 4.74 Å². The Morgan fingerprint density at radius 2 is 2.31 bits per heavy atom. The molecular formula is C12H15IN2O. The number of rotatable bonds is 4. The molecule has 1 atom stereocenters. The largest absolute Gasteiger partial charge is 0.360 e. The van der Waals surface area contributed by atoms with Gasteiger partial charge in [-0.2, -0.15) is 5.10 Å². The molecule has 0 saturated heterocycles. The lowest BCUT2D eigenvalue weighted by Gasteiger charge is -2.15. The molecule has 3 nitrogen and oxygen atoms in total. The Bertz CT molecular complexity index is 481. The van der Waals surface area contributed by atoms with E-state index in [9.17, 15) is 0 Å². The second kappa shape index (κ2) is 5.14. The van der Waals surface area contributed by atoms with Crippen LogP contribution in [-0.4, -0.2) is 16.9 Å². The topological polar surface area (TPSA) is 27.1 Å². The van der Waals surface area contributed by atoms with E-state index in [1.165, 1.54) is 8.96 Å². The second-order valence-electron chi connectivity index (χ2n) is 3.77. The van der Waals surface area contributed by atoms with Crippen molar-refractivity contribution in [3.63, 3.8) is 0 Å². The zero-order valence-electron chi connectivity index (χ0n) is 9.48. The Morgan fingerprint density at radius 1 is 1.50 bits per heavy atom. The number of halogens is 1. The van der Waals surface area contributed by atoms with Crippen LogP contribution in [0.2, 0.25) is 0 Å². The molecule has 1 aromatic heterocycles. The molecule has 4 heteroatoms. The minimum atomic E-state index is 0.0440. The van der Waals surface area contributed by atoms with Crippen LogP contribution in [0.1, 0.15) is 26.0 Å². The monoisotopic (exact) mass is 330 g/mol. The van der Waals surface area contributed by atoms with Crippen LogP contribution in [0.15, 0.2) is 24.4 Å². The number of ether oxygens (including phenoxy) is 1. The van der Waals surface area contributed by atoms with Crippen molar-refractivity contribution < 1.29 is 4.74 Å². The quantitative estimate of drug-likeness (QED) is 0.801. The van der Waals surface area contributed by atoms with Crippen molar-refractivity contribution in [1.82, 2.24) is 9.78 Å². The molecule has 0 fully saturated rings. The summed E-state index contributed by atoms with van der Waals surface area (Å²) in [4.78, 5) is 0. The van der Waals surface area contributed by atoms with Gasteiger partial charge in [0.05, 0.1) is 11.7 Å². The zero-order valence-corrected chi connectivity index (χ0v) is 11.6. The van der Waals surface area contributed by atoms with Gasteiger partial charge in [-0.15, -0.1) is 0 Å². The number of methoxy groups -OCH3 is 1. The number of benzene rings is 1. The minimum Gasteiger partial charge on any atom is -0.360 e. The Balaban J connectivity index is 2.44. The molecule has 0 aliphatic rings. The zero-order chi connectivity index (χ0) is 11.5. The van der Waals surface area contributed by atoms with Gasteiger partial charge in [-0.1, -0.05) is 13.3 Å². The number of hydrogen-bond donors (Lipinski definition) is 0. The highest BCUT2D eigenvalue weighted by atomic mass is 127. The summed E-state index contributed by atoms with van der Waals surface area (Å²) in [5.74, 6) is 0. The van der Waals surface area contributed by atoms with Crippen molar-refractivity contribution in [3.05, 3.63) is 28.0 Å². The highest BCUT2D eigenvalue weighted by Crippen LogP contribution is 2.22. The molecule has 2 aromatic rings. The van der Waals surface area contributed by atoms with Gasteiger partial charge in [-0.3, -0.25) is 0 Å². The highest BCUT2D eigenvalue weighted by Gasteiger charge is 2.12. The Hall–Kier alpha value is -0.620. The van der Waals surface area contributed by atoms with Crippen LogP contribution in [0.4, 0.5) is 0 Å². The van der Waals surface area contributed by atoms with Gasteiger partial charge in [0, 0.05) is 16.1 Å². The third kappa shape index (κ3) is 2.22. The van der Waals surface area contributed by atoms with Crippen molar-refractivity contribution in [1.29, 1.82) is 0 Å². The van der Waals surface area contributed by atoms with E-state index in [1.807, 2.05) is 10.9 Å². The summed E-state index contributed by atoms with van der Waals surface area (Å²) in [6, 6.07) is 6.34. The number of fused-ring (bicyclic) bond motifs is 1. The molecule has 16 heavy (non-hydrogen) atoms. The number of nitrogens with zero attached hydrogens (tertiary/aromatic N) is 2. The third-order valence-electron chi connectivity index (χ3n) is 2.64. The minimum absolute atomic E-state index is 0.0440. The van der Waals surface area contributed by atoms with Gasteiger partial charge in [-0.25, -0.2) is 4.68 Å². The highest BCUT2D eigenvalue weighted by molar-refractivity contribution is 14.1. The third-order valence-corrected chi connectivity index (χ3v) is 3.31. The fourth-order valence-electron chi connectivity index (χ4n) is 1.84. The Morgan fingerprint density at radius 3 is 3.00 bits per heavy atom. The number of hydrogen-bond acceptors (Lipinski definition) is 2. The molecule has 1 aromatic carbocycles. The molecule has 0 N–H and O–H groups in total. The molecule has 0 saturated carbocycles. The summed E-state index contributed by atoms with van der Waals surface area (Å²) in [6.45, 7) is 2.15. The lowest BCUT2D eigenvalue weighted by molar-refractivity contribution is 0.0300. The van der Waals surface area contributed by atoms with E-state index in [-0.39, 0.29) is 6.23 Å². The standard InChI is InChI=1S/C12H15IN2O/c1-3-4-12(16-2)15-11-6-5-10(13)7-9(11)8-14-15/h5-8,12H,3-4H2,1-2H3. The molecule has 0 aliphatic heterocycles. The maximum absolute atomic E-state index is 5.47. The maximum Gasteiger partial charge on any atom is 0.150 e. The summed E-state index contributed by atoms with van der Waals surface area (Å²) in [5, 5.41) is 5.59. The molecule has 0 radical (unpaired) electrons. The second-order valence-corrected chi connectivity index (χ2v) is 5.02. The smallest absolute Gasteiger partial charge is 0.150 e. The summed E-state index contributed by atoms with van der Waals surface area (Å²) in [5.41, 5.74) is 1.14. The van der Waals surface area contributed by atoms with Crippen LogP contribution in [0, 0.1) is 3.57 Å². The van der Waals surface area contributed by atoms with E-state index in [1.54, 1.807) is 7.11 Å². The lowest BCUT2D eigenvalue weighted by atomic mass is 10.2. The summed E-state index contributed by atoms with van der Waals surface area (Å²) < 4.78 is 8.67. The van der Waals surface area contributed by atoms with Gasteiger partial charge in [0.1, 0.15) is 6.23 Å². The van der Waals surface area contributed by atoms with Gasteiger partial charge >= 0.3 is 0 Å². The van der Waals surface area contributed by atoms with Gasteiger partial charge in [0.2, 0.25) is 0 Å². The number of aromatic nitrogens is 2. The van der Waals surface area contributed by atoms with Crippen LogP contribution in [0.5, 0.6) is 0 Å². The van der Waals surface area contributed by atoms with Crippen LogP contribution in [-0.2, 0) is 4.74 Å². The first-order valence-corrected chi connectivity index (χ1v) is 6.49. The first-order valence-electron chi connectivity index (χ1n) is 5.42. The van der Waals surface area contributed by atoms with Gasteiger partial charge < -0.3 is 4.74 Å². The Kier molecular flexibility index (Phi) is 3.81. The van der Waals surface area contributed by atoms with Crippen molar-refractivity contribution in [2.75, 3.05) is 7.11 Å².